The van der Waals surface area contributed by atoms with E-state index in [-0.39, 0.29) is 5.82 Å². The molecule has 1 unspecified atom stereocenters. The van der Waals surface area contributed by atoms with Crippen LogP contribution < -0.4 is 5.32 Å². The summed E-state index contributed by atoms with van der Waals surface area (Å²) in [7, 11) is 1.85. The van der Waals surface area contributed by atoms with Crippen molar-refractivity contribution in [3.05, 3.63) is 47.8 Å². The van der Waals surface area contributed by atoms with Crippen LogP contribution in [0.2, 0.25) is 0 Å². The Hall–Kier alpha value is -1.88. The molecule has 0 aliphatic carbocycles. The molecular formula is C19H27FN4. The normalized spacial score (nSPS) is 21.7. The summed E-state index contributed by atoms with van der Waals surface area (Å²) in [6.45, 7) is 5.13. The number of aliphatic imine (C=N–C) groups is 1. The van der Waals surface area contributed by atoms with Crippen LogP contribution in [0.25, 0.3) is 0 Å². The Kier molecular flexibility index (Phi) is 5.86. The number of benzene rings is 1. The Morgan fingerprint density at radius 1 is 1.33 bits per heavy atom. The van der Waals surface area contributed by atoms with Crippen molar-refractivity contribution in [2.24, 2.45) is 4.99 Å². The van der Waals surface area contributed by atoms with Gasteiger partial charge in [0.2, 0.25) is 0 Å². The third-order valence-electron chi connectivity index (χ3n) is 4.85. The molecule has 2 aliphatic heterocycles. The molecule has 0 amide bonds. The van der Waals surface area contributed by atoms with Crippen molar-refractivity contribution >= 4 is 5.96 Å². The average molecular weight is 330 g/mol. The van der Waals surface area contributed by atoms with Crippen molar-refractivity contribution in [2.45, 2.75) is 25.3 Å². The van der Waals surface area contributed by atoms with Crippen molar-refractivity contribution in [1.82, 2.24) is 15.1 Å². The van der Waals surface area contributed by atoms with Gasteiger partial charge in [0.05, 0.1) is 0 Å². The molecule has 1 N–H and O–H groups in total. The summed E-state index contributed by atoms with van der Waals surface area (Å²) in [6, 6.07) is 7.49. The number of hydrogen-bond acceptors (Lipinski definition) is 2. The molecule has 0 saturated carbocycles. The molecule has 0 bridgehead atoms. The highest BCUT2D eigenvalue weighted by molar-refractivity contribution is 5.80. The minimum absolute atomic E-state index is 0.157. The molecule has 1 aromatic rings. The lowest BCUT2D eigenvalue weighted by Gasteiger charge is -2.25. The van der Waals surface area contributed by atoms with Gasteiger partial charge in [-0.25, -0.2) is 4.39 Å². The smallest absolute Gasteiger partial charge is 0.193 e. The molecule has 1 atom stereocenters. The SMILES string of the molecule is CN=C(NCCCc1cccc(F)c1)N1CCC(N2CC=CC2)C1. The van der Waals surface area contributed by atoms with Gasteiger partial charge in [-0.05, 0) is 37.0 Å². The van der Waals surface area contributed by atoms with Crippen molar-refractivity contribution < 1.29 is 4.39 Å². The maximum absolute atomic E-state index is 13.2. The van der Waals surface area contributed by atoms with E-state index in [9.17, 15) is 4.39 Å². The summed E-state index contributed by atoms with van der Waals surface area (Å²) >= 11 is 0. The molecule has 1 aromatic carbocycles. The molecule has 130 valence electrons. The number of hydrogen-bond donors (Lipinski definition) is 1. The Bertz CT molecular complexity index is 591. The summed E-state index contributed by atoms with van der Waals surface area (Å²) in [5, 5.41) is 3.46. The van der Waals surface area contributed by atoms with E-state index in [4.69, 9.17) is 0 Å². The quantitative estimate of drug-likeness (QED) is 0.389. The standard InChI is InChI=1S/C19H27FN4/c1-21-19(22-10-5-7-16-6-4-8-17(20)14-16)24-13-9-18(15-24)23-11-2-3-12-23/h2-4,6,8,14,18H,5,7,9-13,15H2,1H3,(H,21,22). The van der Waals surface area contributed by atoms with Gasteiger partial charge in [-0.1, -0.05) is 24.3 Å². The molecule has 1 saturated heterocycles. The van der Waals surface area contributed by atoms with Crippen molar-refractivity contribution in [2.75, 3.05) is 39.8 Å². The highest BCUT2D eigenvalue weighted by atomic mass is 19.1. The minimum atomic E-state index is -0.157. The van der Waals surface area contributed by atoms with Gasteiger partial charge in [0.15, 0.2) is 5.96 Å². The van der Waals surface area contributed by atoms with Gasteiger partial charge < -0.3 is 10.2 Å². The fourth-order valence-electron chi connectivity index (χ4n) is 3.54. The second-order valence-electron chi connectivity index (χ2n) is 6.52. The van der Waals surface area contributed by atoms with Crippen LogP contribution >= 0.6 is 0 Å². The maximum Gasteiger partial charge on any atom is 0.193 e. The molecule has 2 aliphatic rings. The van der Waals surface area contributed by atoms with E-state index in [0.717, 1.165) is 57.1 Å². The fourth-order valence-corrected chi connectivity index (χ4v) is 3.54. The molecule has 0 radical (unpaired) electrons. The minimum Gasteiger partial charge on any atom is -0.356 e. The van der Waals surface area contributed by atoms with Gasteiger partial charge in [-0.3, -0.25) is 9.89 Å². The van der Waals surface area contributed by atoms with E-state index in [0.29, 0.717) is 6.04 Å². The van der Waals surface area contributed by atoms with Gasteiger partial charge in [0.1, 0.15) is 5.82 Å². The number of aryl methyl sites for hydroxylation is 1. The largest absolute Gasteiger partial charge is 0.356 e. The summed E-state index contributed by atoms with van der Waals surface area (Å²) in [6.07, 6.45) is 7.55. The van der Waals surface area contributed by atoms with Gasteiger partial charge >= 0.3 is 0 Å². The number of nitrogens with zero attached hydrogens (tertiary/aromatic N) is 3. The van der Waals surface area contributed by atoms with Crippen LogP contribution in [0.5, 0.6) is 0 Å². The van der Waals surface area contributed by atoms with Crippen LogP contribution in [0.4, 0.5) is 4.39 Å². The summed E-state index contributed by atoms with van der Waals surface area (Å²) in [5.41, 5.74) is 1.05. The summed E-state index contributed by atoms with van der Waals surface area (Å²) < 4.78 is 13.2. The number of halogens is 1. The fraction of sp³-hybridized carbons (Fsp3) is 0.526. The topological polar surface area (TPSA) is 30.9 Å². The van der Waals surface area contributed by atoms with Crippen molar-refractivity contribution in [3.8, 4) is 0 Å². The molecule has 5 heteroatoms. The first-order valence-electron chi connectivity index (χ1n) is 8.85. The van der Waals surface area contributed by atoms with E-state index in [1.165, 1.54) is 12.5 Å². The molecule has 1 fully saturated rings. The zero-order valence-corrected chi connectivity index (χ0v) is 14.4. The highest BCUT2D eigenvalue weighted by Gasteiger charge is 2.29. The lowest BCUT2D eigenvalue weighted by molar-refractivity contribution is 0.259. The molecule has 0 aromatic heterocycles. The van der Waals surface area contributed by atoms with Crippen LogP contribution in [0.15, 0.2) is 41.4 Å². The first-order chi connectivity index (χ1) is 11.8. The monoisotopic (exact) mass is 330 g/mol. The number of guanidine groups is 1. The Morgan fingerprint density at radius 3 is 2.92 bits per heavy atom. The second kappa shape index (κ2) is 8.29. The van der Waals surface area contributed by atoms with Crippen LogP contribution in [0, 0.1) is 5.82 Å². The van der Waals surface area contributed by atoms with Gasteiger partial charge in [-0.2, -0.15) is 0 Å². The van der Waals surface area contributed by atoms with Gasteiger partial charge in [0, 0.05) is 45.8 Å². The maximum atomic E-state index is 13.2. The van der Waals surface area contributed by atoms with Gasteiger partial charge in [-0.15, -0.1) is 0 Å². The predicted octanol–water partition coefficient (Wildman–Crippen LogP) is 2.28. The second-order valence-corrected chi connectivity index (χ2v) is 6.52. The molecule has 3 rings (SSSR count). The third kappa shape index (κ3) is 4.35. The van der Waals surface area contributed by atoms with E-state index in [2.05, 4.69) is 32.3 Å². The van der Waals surface area contributed by atoms with Crippen LogP contribution in [-0.4, -0.2) is 61.6 Å². The number of nitrogens with one attached hydrogen (secondary N) is 1. The van der Waals surface area contributed by atoms with Crippen molar-refractivity contribution in [3.63, 3.8) is 0 Å². The van der Waals surface area contributed by atoms with Gasteiger partial charge in [0.25, 0.3) is 0 Å². The molecular weight excluding hydrogens is 303 g/mol. The van der Waals surface area contributed by atoms with E-state index in [1.54, 1.807) is 12.1 Å². The number of rotatable bonds is 5. The molecule has 4 nitrogen and oxygen atoms in total. The number of likely N-dealkylation sites (tertiary alicyclic amines) is 1. The Labute approximate surface area is 144 Å². The lowest BCUT2D eigenvalue weighted by atomic mass is 10.1. The molecule has 0 spiro atoms. The Balaban J connectivity index is 1.40. The summed E-state index contributed by atoms with van der Waals surface area (Å²) in [4.78, 5) is 9.30. The average Bonchev–Trinajstić information content (AvgIpc) is 3.26. The zero-order chi connectivity index (χ0) is 16.8. The predicted molar refractivity (Wildman–Crippen MR) is 96.8 cm³/mol. The van der Waals surface area contributed by atoms with E-state index < -0.39 is 0 Å². The third-order valence-corrected chi connectivity index (χ3v) is 4.85. The van der Waals surface area contributed by atoms with Crippen LogP contribution in [0.3, 0.4) is 0 Å². The highest BCUT2D eigenvalue weighted by Crippen LogP contribution is 2.17. The van der Waals surface area contributed by atoms with E-state index in [1.807, 2.05) is 13.1 Å². The van der Waals surface area contributed by atoms with Crippen LogP contribution in [-0.2, 0) is 6.42 Å². The van der Waals surface area contributed by atoms with Crippen molar-refractivity contribution in [1.29, 1.82) is 0 Å². The first-order valence-corrected chi connectivity index (χ1v) is 8.85. The summed E-state index contributed by atoms with van der Waals surface area (Å²) in [5.74, 6) is 0.833. The Morgan fingerprint density at radius 2 is 2.17 bits per heavy atom. The first kappa shape index (κ1) is 17.0. The lowest BCUT2D eigenvalue weighted by Crippen LogP contribution is -2.43. The van der Waals surface area contributed by atoms with E-state index >= 15 is 0 Å². The van der Waals surface area contributed by atoms with Crippen LogP contribution in [0.1, 0.15) is 18.4 Å². The molecule has 24 heavy (non-hydrogen) atoms. The zero-order valence-electron chi connectivity index (χ0n) is 14.4. The molecule has 2 heterocycles.